The third-order valence-corrected chi connectivity index (χ3v) is 5.56. The molecule has 4 nitrogen and oxygen atoms in total. The van der Waals surface area contributed by atoms with E-state index in [-0.39, 0.29) is 12.3 Å². The fourth-order valence-electron chi connectivity index (χ4n) is 4.08. The van der Waals surface area contributed by atoms with Crippen molar-refractivity contribution in [2.24, 2.45) is 5.10 Å². The monoisotopic (exact) mass is 370 g/mol. The van der Waals surface area contributed by atoms with Crippen molar-refractivity contribution in [2.45, 2.75) is 25.6 Å². The number of aryl methyl sites for hydroxylation is 1. The molecular formula is C24H22N2O2. The number of rotatable bonds is 3. The van der Waals surface area contributed by atoms with Gasteiger partial charge in [-0.2, -0.15) is 5.10 Å². The summed E-state index contributed by atoms with van der Waals surface area (Å²) >= 11 is 0. The van der Waals surface area contributed by atoms with E-state index in [1.165, 1.54) is 11.1 Å². The molecule has 0 aromatic heterocycles. The highest BCUT2D eigenvalue weighted by molar-refractivity contribution is 6.02. The first kappa shape index (κ1) is 16.9. The van der Waals surface area contributed by atoms with Crippen LogP contribution in [0.2, 0.25) is 0 Å². The highest BCUT2D eigenvalue weighted by Crippen LogP contribution is 2.47. The maximum atomic E-state index is 6.44. The number of fused-ring (bicyclic) bond motifs is 3. The van der Waals surface area contributed by atoms with Gasteiger partial charge in [0.15, 0.2) is 0 Å². The number of benzene rings is 3. The summed E-state index contributed by atoms with van der Waals surface area (Å²) in [5.41, 5.74) is 5.69. The molecule has 0 amide bonds. The van der Waals surface area contributed by atoms with Gasteiger partial charge in [-0.1, -0.05) is 54.6 Å². The van der Waals surface area contributed by atoms with Crippen LogP contribution in [0.5, 0.6) is 11.5 Å². The number of ether oxygens (including phenoxy) is 2. The summed E-state index contributed by atoms with van der Waals surface area (Å²) in [5.74, 6) is 1.79. The highest BCUT2D eigenvalue weighted by Gasteiger charge is 2.41. The van der Waals surface area contributed by atoms with E-state index in [0.29, 0.717) is 0 Å². The molecule has 0 fully saturated rings. The Bertz CT molecular complexity index is 1060. The zero-order valence-corrected chi connectivity index (χ0v) is 16.0. The molecule has 140 valence electrons. The summed E-state index contributed by atoms with van der Waals surface area (Å²) < 4.78 is 11.8. The molecule has 0 aliphatic carbocycles. The summed E-state index contributed by atoms with van der Waals surface area (Å²) in [6.07, 6.45) is 0.611. The van der Waals surface area contributed by atoms with Crippen molar-refractivity contribution in [3.8, 4) is 11.5 Å². The molecule has 0 unspecified atom stereocenters. The third kappa shape index (κ3) is 2.73. The van der Waals surface area contributed by atoms with Gasteiger partial charge in [0.2, 0.25) is 6.23 Å². The first-order valence-corrected chi connectivity index (χ1v) is 9.56. The lowest BCUT2D eigenvalue weighted by Gasteiger charge is -2.38. The zero-order valence-electron chi connectivity index (χ0n) is 16.0. The summed E-state index contributed by atoms with van der Waals surface area (Å²) in [6.45, 7) is 2.12. The number of nitrogens with zero attached hydrogens (tertiary/aromatic N) is 2. The minimum Gasteiger partial charge on any atom is -0.497 e. The summed E-state index contributed by atoms with van der Waals surface area (Å²) in [7, 11) is 1.69. The molecule has 2 aliphatic heterocycles. The van der Waals surface area contributed by atoms with Crippen molar-refractivity contribution in [1.29, 1.82) is 0 Å². The fourth-order valence-corrected chi connectivity index (χ4v) is 4.08. The van der Waals surface area contributed by atoms with Crippen LogP contribution in [0.1, 0.15) is 40.9 Å². The molecule has 3 aromatic carbocycles. The van der Waals surface area contributed by atoms with Crippen LogP contribution in [-0.2, 0) is 0 Å². The molecule has 28 heavy (non-hydrogen) atoms. The van der Waals surface area contributed by atoms with Gasteiger partial charge >= 0.3 is 0 Å². The molecule has 4 heteroatoms. The van der Waals surface area contributed by atoms with E-state index < -0.39 is 0 Å². The van der Waals surface area contributed by atoms with Gasteiger partial charge in [0.25, 0.3) is 0 Å². The number of methoxy groups -OCH3 is 1. The Morgan fingerprint density at radius 2 is 1.75 bits per heavy atom. The largest absolute Gasteiger partial charge is 0.497 e. The maximum Gasteiger partial charge on any atom is 0.214 e. The van der Waals surface area contributed by atoms with Gasteiger partial charge in [0, 0.05) is 23.1 Å². The SMILES string of the molecule is COc1cccc(C2=NN3[C@@H](C2)c2ccccc2O[C@H]3c2ccccc2C)c1. The quantitative estimate of drug-likeness (QED) is 0.632. The van der Waals surface area contributed by atoms with Gasteiger partial charge in [-0.15, -0.1) is 0 Å². The normalized spacial score (nSPS) is 20.1. The van der Waals surface area contributed by atoms with Crippen LogP contribution in [-0.4, -0.2) is 17.8 Å². The molecule has 2 atom stereocenters. The van der Waals surface area contributed by atoms with E-state index in [9.17, 15) is 0 Å². The third-order valence-electron chi connectivity index (χ3n) is 5.56. The van der Waals surface area contributed by atoms with Crippen LogP contribution in [0.3, 0.4) is 0 Å². The first-order valence-electron chi connectivity index (χ1n) is 9.56. The molecule has 2 aliphatic rings. The fraction of sp³-hybridized carbons (Fsp3) is 0.208. The average Bonchev–Trinajstić information content (AvgIpc) is 3.19. The van der Waals surface area contributed by atoms with E-state index in [1.807, 2.05) is 24.3 Å². The van der Waals surface area contributed by atoms with E-state index in [0.717, 1.165) is 34.8 Å². The smallest absolute Gasteiger partial charge is 0.214 e. The van der Waals surface area contributed by atoms with Crippen molar-refractivity contribution in [2.75, 3.05) is 7.11 Å². The molecule has 5 rings (SSSR count). The van der Waals surface area contributed by atoms with Gasteiger partial charge in [-0.3, -0.25) is 0 Å². The molecule has 3 aromatic rings. The van der Waals surface area contributed by atoms with Crippen molar-refractivity contribution in [1.82, 2.24) is 5.01 Å². The number of para-hydroxylation sites is 1. The van der Waals surface area contributed by atoms with Gasteiger partial charge in [0.1, 0.15) is 11.5 Å². The second kappa shape index (κ2) is 6.71. The Balaban J connectivity index is 1.60. The molecule has 2 heterocycles. The van der Waals surface area contributed by atoms with Gasteiger partial charge in [-0.05, 0) is 30.7 Å². The Labute approximate surface area is 165 Å². The van der Waals surface area contributed by atoms with E-state index in [2.05, 4.69) is 60.5 Å². The first-order chi connectivity index (χ1) is 13.7. The van der Waals surface area contributed by atoms with Crippen LogP contribution in [0, 0.1) is 6.92 Å². The highest BCUT2D eigenvalue weighted by atomic mass is 16.5. The van der Waals surface area contributed by atoms with Gasteiger partial charge in [-0.25, -0.2) is 5.01 Å². The predicted molar refractivity (Wildman–Crippen MR) is 110 cm³/mol. The summed E-state index contributed by atoms with van der Waals surface area (Å²) in [4.78, 5) is 0. The summed E-state index contributed by atoms with van der Waals surface area (Å²) in [5, 5.41) is 7.15. The molecule has 0 radical (unpaired) electrons. The Hall–Kier alpha value is -3.27. The van der Waals surface area contributed by atoms with E-state index in [4.69, 9.17) is 14.6 Å². The minimum atomic E-state index is -0.232. The van der Waals surface area contributed by atoms with Crippen molar-refractivity contribution in [3.63, 3.8) is 0 Å². The number of hydrogen-bond donors (Lipinski definition) is 0. The molecule has 0 N–H and O–H groups in total. The lowest BCUT2D eigenvalue weighted by molar-refractivity contribution is -0.0194. The van der Waals surface area contributed by atoms with Gasteiger partial charge in [0.05, 0.1) is 18.9 Å². The van der Waals surface area contributed by atoms with Crippen LogP contribution in [0.4, 0.5) is 0 Å². The second-order valence-electron chi connectivity index (χ2n) is 7.24. The standard InChI is InChI=1S/C24H22N2O2/c1-16-8-3-4-11-19(16)24-26-22(20-12-5-6-13-23(20)28-24)15-21(25-26)17-9-7-10-18(14-17)27-2/h3-14,22,24H,15H2,1-2H3/t22-,24-/m0/s1. The predicted octanol–water partition coefficient (Wildman–Crippen LogP) is 5.25. The lowest BCUT2D eigenvalue weighted by atomic mass is 9.95. The van der Waals surface area contributed by atoms with E-state index >= 15 is 0 Å². The van der Waals surface area contributed by atoms with Gasteiger partial charge < -0.3 is 9.47 Å². The minimum absolute atomic E-state index is 0.163. The maximum absolute atomic E-state index is 6.44. The second-order valence-corrected chi connectivity index (χ2v) is 7.24. The van der Waals surface area contributed by atoms with Crippen molar-refractivity contribution >= 4 is 5.71 Å². The molecule has 0 saturated heterocycles. The number of hydrogen-bond acceptors (Lipinski definition) is 4. The average molecular weight is 370 g/mol. The van der Waals surface area contributed by atoms with Crippen molar-refractivity contribution < 1.29 is 9.47 Å². The topological polar surface area (TPSA) is 34.1 Å². The van der Waals surface area contributed by atoms with Crippen molar-refractivity contribution in [3.05, 3.63) is 95.1 Å². The Morgan fingerprint density at radius 1 is 0.964 bits per heavy atom. The summed E-state index contributed by atoms with van der Waals surface area (Å²) in [6, 6.07) is 24.9. The molecule has 0 spiro atoms. The van der Waals surface area contributed by atoms with Crippen LogP contribution in [0.25, 0.3) is 0 Å². The Kier molecular flexibility index (Phi) is 4.05. The van der Waals surface area contributed by atoms with E-state index in [1.54, 1.807) is 7.11 Å². The van der Waals surface area contributed by atoms with Crippen LogP contribution < -0.4 is 9.47 Å². The van der Waals surface area contributed by atoms with Crippen LogP contribution in [0.15, 0.2) is 77.9 Å². The molecular weight excluding hydrogens is 348 g/mol. The molecule has 0 saturated carbocycles. The number of hydrazone groups is 1. The lowest BCUT2D eigenvalue weighted by Crippen LogP contribution is -2.34. The molecule has 0 bridgehead atoms. The Morgan fingerprint density at radius 3 is 2.57 bits per heavy atom. The van der Waals surface area contributed by atoms with Crippen LogP contribution >= 0.6 is 0 Å². The zero-order chi connectivity index (χ0) is 19.1.